The maximum Gasteiger partial charge on any atom is 0.194 e. The molecule has 0 bridgehead atoms. The van der Waals surface area contributed by atoms with Crippen molar-refractivity contribution >= 4 is 5.69 Å². The number of allylic oxidation sites excluding steroid dienone is 2. The average molecular weight is 269 g/mol. The van der Waals surface area contributed by atoms with Gasteiger partial charge in [-0.3, -0.25) is 0 Å². The van der Waals surface area contributed by atoms with Crippen molar-refractivity contribution in [3.05, 3.63) is 41.2 Å². The van der Waals surface area contributed by atoms with Crippen LogP contribution in [-0.2, 0) is 0 Å². The molecule has 0 spiro atoms. The van der Waals surface area contributed by atoms with Crippen LogP contribution in [0.5, 0.6) is 0 Å². The van der Waals surface area contributed by atoms with E-state index in [0.29, 0.717) is 18.4 Å². The summed E-state index contributed by atoms with van der Waals surface area (Å²) < 4.78 is 39.0. The Morgan fingerprint density at radius 3 is 2.42 bits per heavy atom. The zero-order valence-corrected chi connectivity index (χ0v) is 11.1. The summed E-state index contributed by atoms with van der Waals surface area (Å²) in [5, 5.41) is 2.99. The first-order valence-corrected chi connectivity index (χ1v) is 6.51. The summed E-state index contributed by atoms with van der Waals surface area (Å²) in [5.74, 6) is -2.76. The van der Waals surface area contributed by atoms with Crippen molar-refractivity contribution < 1.29 is 13.2 Å². The van der Waals surface area contributed by atoms with Crippen molar-refractivity contribution in [2.24, 2.45) is 11.8 Å². The zero-order valence-electron chi connectivity index (χ0n) is 11.1. The molecule has 1 aliphatic rings. The van der Waals surface area contributed by atoms with Crippen molar-refractivity contribution in [3.63, 3.8) is 0 Å². The van der Waals surface area contributed by atoms with Crippen LogP contribution in [-0.4, -0.2) is 6.54 Å². The van der Waals surface area contributed by atoms with Crippen LogP contribution in [0.3, 0.4) is 0 Å². The van der Waals surface area contributed by atoms with E-state index in [-0.39, 0.29) is 5.69 Å². The third kappa shape index (κ3) is 3.52. The fraction of sp³-hybridized carbons (Fsp3) is 0.467. The minimum Gasteiger partial charge on any atom is -0.385 e. The molecule has 1 aliphatic carbocycles. The van der Waals surface area contributed by atoms with Gasteiger partial charge in [-0.2, -0.15) is 0 Å². The maximum absolute atomic E-state index is 13.1. The number of benzene rings is 1. The van der Waals surface area contributed by atoms with E-state index in [1.54, 1.807) is 0 Å². The van der Waals surface area contributed by atoms with Crippen LogP contribution in [0, 0.1) is 29.3 Å². The zero-order chi connectivity index (χ0) is 14.0. The Kier molecular flexibility index (Phi) is 4.17. The van der Waals surface area contributed by atoms with E-state index in [9.17, 15) is 13.2 Å². The molecule has 0 amide bonds. The predicted octanol–water partition coefficient (Wildman–Crippen LogP) is 4.51. The number of anilines is 1. The van der Waals surface area contributed by atoms with E-state index >= 15 is 0 Å². The van der Waals surface area contributed by atoms with Crippen LogP contribution in [0.2, 0.25) is 0 Å². The fourth-order valence-corrected chi connectivity index (χ4v) is 2.76. The summed E-state index contributed by atoms with van der Waals surface area (Å²) in [6, 6.07) is 1.99. The molecule has 19 heavy (non-hydrogen) atoms. The topological polar surface area (TPSA) is 12.0 Å². The third-order valence-corrected chi connectivity index (χ3v) is 3.46. The second kappa shape index (κ2) is 5.68. The van der Waals surface area contributed by atoms with Gasteiger partial charge >= 0.3 is 0 Å². The SMILES string of the molecule is CC1=CC(C)CC(CNc2cc(F)c(F)c(F)c2)C1. The van der Waals surface area contributed by atoms with Crippen LogP contribution >= 0.6 is 0 Å². The van der Waals surface area contributed by atoms with Gasteiger partial charge in [-0.1, -0.05) is 18.6 Å². The summed E-state index contributed by atoms with van der Waals surface area (Å²) in [7, 11) is 0. The molecule has 0 radical (unpaired) electrons. The van der Waals surface area contributed by atoms with Crippen molar-refractivity contribution in [1.82, 2.24) is 0 Å². The average Bonchev–Trinajstić information content (AvgIpc) is 2.32. The first-order chi connectivity index (χ1) is 8.95. The minimum absolute atomic E-state index is 0.288. The highest BCUT2D eigenvalue weighted by Crippen LogP contribution is 2.28. The van der Waals surface area contributed by atoms with E-state index in [1.165, 1.54) is 5.57 Å². The summed E-state index contributed by atoms with van der Waals surface area (Å²) in [6.07, 6.45) is 4.30. The molecular weight excluding hydrogens is 251 g/mol. The molecule has 2 atom stereocenters. The normalized spacial score (nSPS) is 23.1. The Bertz CT molecular complexity index is 473. The largest absolute Gasteiger partial charge is 0.385 e. The van der Waals surface area contributed by atoms with E-state index in [4.69, 9.17) is 0 Å². The summed E-state index contributed by atoms with van der Waals surface area (Å²) >= 11 is 0. The van der Waals surface area contributed by atoms with Crippen LogP contribution in [0.15, 0.2) is 23.8 Å². The maximum atomic E-state index is 13.1. The van der Waals surface area contributed by atoms with Crippen molar-refractivity contribution in [1.29, 1.82) is 0 Å². The Balaban J connectivity index is 1.98. The highest BCUT2D eigenvalue weighted by molar-refractivity contribution is 5.44. The molecule has 0 aliphatic heterocycles. The van der Waals surface area contributed by atoms with E-state index < -0.39 is 17.5 Å². The molecule has 1 aromatic rings. The quantitative estimate of drug-likeness (QED) is 0.629. The number of halogens is 3. The Hall–Kier alpha value is -1.45. The summed E-state index contributed by atoms with van der Waals surface area (Å²) in [5.41, 5.74) is 1.64. The van der Waals surface area contributed by atoms with Crippen LogP contribution in [0.4, 0.5) is 18.9 Å². The van der Waals surface area contributed by atoms with Crippen molar-refractivity contribution in [2.45, 2.75) is 26.7 Å². The molecule has 4 heteroatoms. The number of hydrogen-bond acceptors (Lipinski definition) is 1. The van der Waals surface area contributed by atoms with Crippen molar-refractivity contribution in [3.8, 4) is 0 Å². The number of hydrogen-bond donors (Lipinski definition) is 1. The highest BCUT2D eigenvalue weighted by Gasteiger charge is 2.18. The van der Waals surface area contributed by atoms with Gasteiger partial charge in [-0.15, -0.1) is 0 Å². The smallest absolute Gasteiger partial charge is 0.194 e. The first kappa shape index (κ1) is 14.0. The minimum atomic E-state index is -1.42. The molecule has 2 rings (SSSR count). The first-order valence-electron chi connectivity index (χ1n) is 6.51. The molecular formula is C15H18F3N. The molecule has 1 N–H and O–H groups in total. The molecule has 0 saturated carbocycles. The molecule has 1 aromatic carbocycles. The summed E-state index contributed by atoms with van der Waals surface area (Å²) in [6.45, 7) is 4.90. The number of rotatable bonds is 3. The lowest BCUT2D eigenvalue weighted by atomic mass is 9.84. The Morgan fingerprint density at radius 2 is 1.84 bits per heavy atom. The van der Waals surface area contributed by atoms with Crippen LogP contribution in [0.25, 0.3) is 0 Å². The summed E-state index contributed by atoms with van der Waals surface area (Å²) in [4.78, 5) is 0. The second-order valence-corrected chi connectivity index (χ2v) is 5.43. The molecule has 0 saturated heterocycles. The van der Waals surface area contributed by atoms with Gasteiger partial charge in [0.2, 0.25) is 0 Å². The van der Waals surface area contributed by atoms with Gasteiger partial charge in [0.15, 0.2) is 17.5 Å². The van der Waals surface area contributed by atoms with E-state index in [2.05, 4.69) is 25.2 Å². The van der Waals surface area contributed by atoms with Gasteiger partial charge in [0.25, 0.3) is 0 Å². The van der Waals surface area contributed by atoms with Gasteiger partial charge in [-0.25, -0.2) is 13.2 Å². The molecule has 0 aromatic heterocycles. The van der Waals surface area contributed by atoms with Gasteiger partial charge in [0.1, 0.15) is 0 Å². The lowest BCUT2D eigenvalue weighted by Crippen LogP contribution is -2.20. The van der Waals surface area contributed by atoms with E-state index in [0.717, 1.165) is 25.0 Å². The third-order valence-electron chi connectivity index (χ3n) is 3.46. The van der Waals surface area contributed by atoms with E-state index in [1.807, 2.05) is 0 Å². The Labute approximate surface area is 111 Å². The predicted molar refractivity (Wildman–Crippen MR) is 70.5 cm³/mol. The van der Waals surface area contributed by atoms with Gasteiger partial charge in [0, 0.05) is 24.4 Å². The molecule has 0 fully saturated rings. The standard InChI is InChI=1S/C15H18F3N/c1-9-3-10(2)5-11(4-9)8-19-12-6-13(16)15(18)14(17)7-12/h3,6-7,9,11,19H,4-5,8H2,1-2H3. The molecule has 104 valence electrons. The molecule has 2 unspecified atom stereocenters. The molecule has 0 heterocycles. The van der Waals surface area contributed by atoms with Crippen molar-refractivity contribution in [2.75, 3.05) is 11.9 Å². The van der Waals surface area contributed by atoms with Crippen LogP contribution < -0.4 is 5.32 Å². The lowest BCUT2D eigenvalue weighted by molar-refractivity contribution is 0.420. The monoisotopic (exact) mass is 269 g/mol. The van der Waals surface area contributed by atoms with Gasteiger partial charge in [0.05, 0.1) is 0 Å². The van der Waals surface area contributed by atoms with Gasteiger partial charge < -0.3 is 5.32 Å². The fourth-order valence-electron chi connectivity index (χ4n) is 2.76. The second-order valence-electron chi connectivity index (χ2n) is 5.43. The highest BCUT2D eigenvalue weighted by atomic mass is 19.2. The van der Waals surface area contributed by atoms with Gasteiger partial charge in [-0.05, 0) is 31.6 Å². The lowest BCUT2D eigenvalue weighted by Gasteiger charge is -2.26. The van der Waals surface area contributed by atoms with Crippen LogP contribution in [0.1, 0.15) is 26.7 Å². The Morgan fingerprint density at radius 1 is 1.21 bits per heavy atom. The number of nitrogens with one attached hydrogen (secondary N) is 1. The molecule has 1 nitrogen and oxygen atoms in total.